The summed E-state index contributed by atoms with van der Waals surface area (Å²) in [4.78, 5) is 9.59. The minimum absolute atomic E-state index is 0.199. The molecule has 2 aliphatic carbocycles. The summed E-state index contributed by atoms with van der Waals surface area (Å²) >= 11 is 0. The van der Waals surface area contributed by atoms with Gasteiger partial charge in [-0.25, -0.2) is 9.97 Å². The summed E-state index contributed by atoms with van der Waals surface area (Å²) in [5.41, 5.74) is 18.6. The van der Waals surface area contributed by atoms with Gasteiger partial charge in [-0.3, -0.25) is 4.57 Å². The van der Waals surface area contributed by atoms with Crippen LogP contribution in [0.15, 0.2) is 140 Å². The summed E-state index contributed by atoms with van der Waals surface area (Å²) in [6.07, 6.45) is 3.68. The van der Waals surface area contributed by atoms with Crippen molar-refractivity contribution < 1.29 is 0 Å². The van der Waals surface area contributed by atoms with Crippen molar-refractivity contribution in [2.24, 2.45) is 0 Å². The number of nitrogens with zero attached hydrogens (tertiary/aromatic N) is 3. The lowest BCUT2D eigenvalue weighted by molar-refractivity contribution is 0.720. The Morgan fingerprint density at radius 3 is 1.38 bits per heavy atom. The fourth-order valence-electron chi connectivity index (χ4n) is 9.64. The van der Waals surface area contributed by atoms with Crippen molar-refractivity contribution in [3.05, 3.63) is 162 Å². The molecule has 2 aromatic heterocycles. The number of nitrogens with one attached hydrogen (secondary N) is 2. The molecule has 2 N–H and O–H groups in total. The Morgan fingerprint density at radius 2 is 0.909 bits per heavy atom. The van der Waals surface area contributed by atoms with Crippen LogP contribution in [0.25, 0.3) is 50.0 Å². The highest BCUT2D eigenvalue weighted by Crippen LogP contribution is 2.45. The fraction of sp³-hybridized carbons (Fsp3) is 0.167. The Hall–Kier alpha value is -5.75. The summed E-state index contributed by atoms with van der Waals surface area (Å²) in [5.74, 6) is 1.39. The van der Waals surface area contributed by atoms with Crippen LogP contribution in [0.5, 0.6) is 0 Å². The lowest BCUT2D eigenvalue weighted by Crippen LogP contribution is -2.39. The van der Waals surface area contributed by atoms with Crippen LogP contribution < -0.4 is 32.5 Å². The monoisotopic (exact) mass is 711 g/mol. The van der Waals surface area contributed by atoms with Gasteiger partial charge in [-0.05, 0) is 76.8 Å². The minimum Gasteiger partial charge on any atom is -0.319 e. The molecule has 0 radical (unpaired) electrons. The van der Waals surface area contributed by atoms with Crippen LogP contribution in [0.4, 0.5) is 0 Å². The molecule has 6 aromatic carbocycles. The third-order valence-corrected chi connectivity index (χ3v) is 12.5. The van der Waals surface area contributed by atoms with E-state index in [1.54, 1.807) is 0 Å². The quantitative estimate of drug-likeness (QED) is 0.164. The zero-order valence-electron chi connectivity index (χ0n) is 31.8. The van der Waals surface area contributed by atoms with Crippen LogP contribution in [-0.2, 0) is 0 Å². The molecular formula is C48H43B2N5. The van der Waals surface area contributed by atoms with Crippen molar-refractivity contribution in [3.63, 3.8) is 0 Å². The number of hydrogen-bond acceptors (Lipinski definition) is 4. The first-order valence-corrected chi connectivity index (χ1v) is 19.6. The average Bonchev–Trinajstić information content (AvgIpc) is 3.85. The molecule has 0 bridgehead atoms. The van der Waals surface area contributed by atoms with Crippen molar-refractivity contribution in [1.82, 2.24) is 25.2 Å². The van der Waals surface area contributed by atoms with Crippen molar-refractivity contribution in [2.45, 2.75) is 25.5 Å². The van der Waals surface area contributed by atoms with Gasteiger partial charge in [0.15, 0.2) is 0 Å². The zero-order chi connectivity index (χ0) is 37.2. The van der Waals surface area contributed by atoms with Gasteiger partial charge in [-0.1, -0.05) is 145 Å². The summed E-state index contributed by atoms with van der Waals surface area (Å²) in [6, 6.07) is 47.9. The number of rotatable bonds is 9. The average molecular weight is 712 g/mol. The Balaban J connectivity index is 1.05. The summed E-state index contributed by atoms with van der Waals surface area (Å²) in [7, 11) is 4.10. The maximum absolute atomic E-state index is 4.80. The Bertz CT molecular complexity index is 2590. The fourth-order valence-corrected chi connectivity index (χ4v) is 9.64. The largest absolute Gasteiger partial charge is 0.319 e. The molecule has 0 saturated carbocycles. The van der Waals surface area contributed by atoms with E-state index in [1.165, 1.54) is 77.1 Å². The minimum atomic E-state index is 0.199. The van der Waals surface area contributed by atoms with E-state index in [9.17, 15) is 0 Å². The number of benzene rings is 6. The molecule has 2 unspecified atom stereocenters. The van der Waals surface area contributed by atoms with E-state index in [0.29, 0.717) is 17.8 Å². The van der Waals surface area contributed by atoms with E-state index >= 15 is 0 Å². The Kier molecular flexibility index (Phi) is 8.31. The van der Waals surface area contributed by atoms with E-state index in [1.807, 2.05) is 32.6 Å². The smallest absolute Gasteiger partial charge is 0.234 e. The third kappa shape index (κ3) is 5.40. The topological polar surface area (TPSA) is 54.8 Å². The van der Waals surface area contributed by atoms with Gasteiger partial charge in [-0.2, -0.15) is 0 Å². The molecular weight excluding hydrogens is 668 g/mol. The highest BCUT2D eigenvalue weighted by molar-refractivity contribution is 6.84. The van der Waals surface area contributed by atoms with Gasteiger partial charge in [0, 0.05) is 48.1 Å². The SMILES string of the molecule is CNCC1c2ccccc2-c2ccc(B(C)c3ccc4c5ccc(B(C)c6ccc7c(c6)C(CNC)c6ccccc6-7)cc5n(-c5ncccn5)c4c3)cc21. The van der Waals surface area contributed by atoms with Gasteiger partial charge in [-0.15, -0.1) is 0 Å². The predicted octanol–water partition coefficient (Wildman–Crippen LogP) is 6.71. The summed E-state index contributed by atoms with van der Waals surface area (Å²) in [6.45, 7) is 6.90. The molecule has 8 aromatic rings. The zero-order valence-corrected chi connectivity index (χ0v) is 31.8. The van der Waals surface area contributed by atoms with Crippen molar-refractivity contribution in [3.8, 4) is 28.2 Å². The molecule has 0 fully saturated rings. The highest BCUT2D eigenvalue weighted by atomic mass is 15.1. The second-order valence-corrected chi connectivity index (χ2v) is 15.5. The van der Waals surface area contributed by atoms with Crippen molar-refractivity contribution in [1.29, 1.82) is 0 Å². The number of fused-ring (bicyclic) bond motifs is 9. The second kappa shape index (κ2) is 13.5. The molecule has 0 aliphatic heterocycles. The molecule has 2 aliphatic rings. The van der Waals surface area contributed by atoms with Crippen LogP contribution >= 0.6 is 0 Å². The van der Waals surface area contributed by atoms with Crippen LogP contribution in [-0.4, -0.2) is 55.1 Å². The number of likely N-dealkylation sites (N-methyl/N-ethyl adjacent to an activating group) is 2. The van der Waals surface area contributed by atoms with E-state index in [-0.39, 0.29) is 13.4 Å². The number of aromatic nitrogens is 3. The lowest BCUT2D eigenvalue weighted by Gasteiger charge is -2.16. The van der Waals surface area contributed by atoms with Gasteiger partial charge >= 0.3 is 0 Å². The van der Waals surface area contributed by atoms with Crippen LogP contribution in [0.3, 0.4) is 0 Å². The highest BCUT2D eigenvalue weighted by Gasteiger charge is 2.31. The van der Waals surface area contributed by atoms with Gasteiger partial charge in [0.1, 0.15) is 0 Å². The predicted molar refractivity (Wildman–Crippen MR) is 233 cm³/mol. The van der Waals surface area contributed by atoms with Crippen molar-refractivity contribution in [2.75, 3.05) is 27.2 Å². The number of hydrogen-bond donors (Lipinski definition) is 2. The molecule has 2 atom stereocenters. The molecule has 0 amide bonds. The molecule has 0 saturated heterocycles. The lowest BCUT2D eigenvalue weighted by atomic mass is 9.42. The van der Waals surface area contributed by atoms with Gasteiger partial charge in [0.25, 0.3) is 0 Å². The first kappa shape index (κ1) is 33.8. The molecule has 266 valence electrons. The summed E-state index contributed by atoms with van der Waals surface area (Å²) in [5, 5.41) is 9.32. The first-order chi connectivity index (χ1) is 27.0. The van der Waals surface area contributed by atoms with Crippen LogP contribution in [0, 0.1) is 0 Å². The van der Waals surface area contributed by atoms with E-state index < -0.39 is 0 Å². The van der Waals surface area contributed by atoms with Gasteiger partial charge in [0.05, 0.1) is 11.0 Å². The molecule has 2 heterocycles. The Labute approximate surface area is 324 Å². The molecule has 0 spiro atoms. The normalized spacial score (nSPS) is 15.2. The van der Waals surface area contributed by atoms with Crippen LogP contribution in [0.2, 0.25) is 13.6 Å². The van der Waals surface area contributed by atoms with E-state index in [0.717, 1.165) is 24.1 Å². The van der Waals surface area contributed by atoms with E-state index in [4.69, 9.17) is 9.97 Å². The molecule has 7 heteroatoms. The third-order valence-electron chi connectivity index (χ3n) is 12.5. The Morgan fingerprint density at radius 1 is 0.491 bits per heavy atom. The standard InChI is InChI=1S/C48H43B2N5/c1-49(30-14-18-38-34-10-5-7-12-36(34)44(28-51-3)42(38)24-30)32-16-20-40-41-21-17-33(27-47(41)55(46(40)26-32)48-53-22-9-23-54-48)50(2)31-15-19-39-35-11-6-8-13-37(35)45(29-52-4)43(39)25-31/h5-27,44-45,51-52H,28-29H2,1-4H3. The molecule has 5 nitrogen and oxygen atoms in total. The summed E-state index contributed by atoms with van der Waals surface area (Å²) < 4.78 is 2.27. The maximum atomic E-state index is 4.80. The van der Waals surface area contributed by atoms with Gasteiger partial charge in [0.2, 0.25) is 19.4 Å². The van der Waals surface area contributed by atoms with Crippen molar-refractivity contribution >= 4 is 57.1 Å². The maximum Gasteiger partial charge on any atom is 0.234 e. The molecule has 10 rings (SSSR count). The first-order valence-electron chi connectivity index (χ1n) is 19.6. The van der Waals surface area contributed by atoms with Crippen LogP contribution in [0.1, 0.15) is 34.1 Å². The second-order valence-electron chi connectivity index (χ2n) is 15.5. The van der Waals surface area contributed by atoms with Gasteiger partial charge < -0.3 is 10.6 Å². The van der Waals surface area contributed by atoms with E-state index in [2.05, 4.69) is 150 Å². The molecule has 55 heavy (non-hydrogen) atoms.